The molecule has 5 saturated carbocycles. The Hall–Kier alpha value is -1.30. The fourth-order valence-corrected chi connectivity index (χ4v) is 14.2. The minimum absolute atomic E-state index is 0.0146. The zero-order valence-electron chi connectivity index (χ0n) is 31.9. The molecule has 5 aliphatic carbocycles. The predicted octanol–water partition coefficient (Wildman–Crippen LogP) is 5.41. The average Bonchev–Trinajstić information content (AvgIpc) is 3.65. The third-order valence-corrected chi connectivity index (χ3v) is 16.4. The van der Waals surface area contributed by atoms with Gasteiger partial charge in [0.05, 0.1) is 36.6 Å². The van der Waals surface area contributed by atoms with Crippen molar-refractivity contribution in [1.82, 2.24) is 4.90 Å². The molecular formula is C40H65NO9. The molecule has 10 heteroatoms. The monoisotopic (exact) mass is 703 g/mol. The fraction of sp³-hybridized carbons (Fsp3) is 0.950. The highest BCUT2D eigenvalue weighted by atomic mass is 16.7. The molecule has 50 heavy (non-hydrogen) atoms. The van der Waals surface area contributed by atoms with Crippen LogP contribution in [0.3, 0.4) is 0 Å². The van der Waals surface area contributed by atoms with Gasteiger partial charge in [-0.05, 0) is 124 Å². The molecule has 7 fully saturated rings. The lowest BCUT2D eigenvalue weighted by atomic mass is 9.41. The number of carboxylic acid groups (broad SMARTS) is 1. The minimum Gasteiger partial charge on any atom is -0.481 e. The van der Waals surface area contributed by atoms with Gasteiger partial charge in [-0.25, -0.2) is 0 Å². The third kappa shape index (κ3) is 5.38. The smallest absolute Gasteiger partial charge is 0.303 e. The van der Waals surface area contributed by atoms with Crippen molar-refractivity contribution in [3.8, 4) is 0 Å². The number of morpholine rings is 1. The highest BCUT2D eigenvalue weighted by Gasteiger charge is 2.84. The topological polar surface area (TPSA) is 135 Å². The maximum atomic E-state index is 12.6. The number of fused-ring (bicyclic) bond motifs is 4. The summed E-state index contributed by atoms with van der Waals surface area (Å²) >= 11 is 0. The molecule has 0 amide bonds. The van der Waals surface area contributed by atoms with Gasteiger partial charge >= 0.3 is 11.9 Å². The van der Waals surface area contributed by atoms with Gasteiger partial charge in [0.25, 0.3) is 0 Å². The van der Waals surface area contributed by atoms with Gasteiger partial charge in [-0.15, -0.1) is 0 Å². The number of ether oxygens (including phenoxy) is 4. The van der Waals surface area contributed by atoms with Gasteiger partial charge in [-0.3, -0.25) is 14.5 Å². The first-order valence-electron chi connectivity index (χ1n) is 19.8. The highest BCUT2D eigenvalue weighted by Crippen LogP contribution is 2.89. The van der Waals surface area contributed by atoms with E-state index in [4.69, 9.17) is 24.1 Å². The SMILES string of the molecule is CC(=O)O[C@@H]([C@H]1C[C@@H](C)[C@H]2[C@H](O1)[C@H](O)[C@@]1(C)[C@@H]3CC[C@H]4C(C)(C)C(O[C@H]5CN(CCCC(=O)O)CCO5)CCC45C[C@@]35CC[C@]21C)C(C)(C)O. The standard InChI is InChI=1S/C40H65NO9/c1-23-20-25(34(36(5,6)46)48-24(2)42)49-32-31(23)37(7)15-16-40-22-39(40)14-13-28(50-30-21-41(18-19-47-30)17-9-10-29(43)44)35(3,4)26(39)11-12-27(40)38(37,8)33(32)45/h23,25-28,30-34,45-46H,9-22H2,1-8H3,(H,43,44)/t23-,25-,26+,27+,28?,30+,31+,32+,33+,34+,37-,38-,39?,40+/m1/s1. The van der Waals surface area contributed by atoms with Gasteiger partial charge in [0.1, 0.15) is 0 Å². The summed E-state index contributed by atoms with van der Waals surface area (Å²) in [5, 5.41) is 32.7. The Labute approximate surface area is 299 Å². The number of carbonyl (C=O) groups is 2. The van der Waals surface area contributed by atoms with Crippen molar-refractivity contribution < 1.29 is 43.9 Å². The van der Waals surface area contributed by atoms with E-state index >= 15 is 0 Å². The predicted molar refractivity (Wildman–Crippen MR) is 186 cm³/mol. The molecule has 0 aromatic carbocycles. The number of nitrogens with zero attached hydrogens (tertiary/aromatic N) is 1. The molecule has 2 heterocycles. The summed E-state index contributed by atoms with van der Waals surface area (Å²) in [6.07, 6.45) is 6.97. The van der Waals surface area contributed by atoms with Gasteiger partial charge in [0, 0.05) is 31.8 Å². The van der Waals surface area contributed by atoms with Gasteiger partial charge < -0.3 is 34.3 Å². The first-order chi connectivity index (χ1) is 23.3. The maximum Gasteiger partial charge on any atom is 0.303 e. The largest absolute Gasteiger partial charge is 0.481 e. The Morgan fingerprint density at radius 3 is 2.42 bits per heavy atom. The molecule has 0 bridgehead atoms. The van der Waals surface area contributed by atoms with E-state index in [0.717, 1.165) is 45.2 Å². The zero-order chi connectivity index (χ0) is 36.2. The Morgan fingerprint density at radius 2 is 1.74 bits per heavy atom. The molecule has 7 rings (SSSR count). The lowest BCUT2D eigenvalue weighted by Crippen LogP contribution is -2.60. The maximum absolute atomic E-state index is 12.6. The van der Waals surface area contributed by atoms with Crippen LogP contribution in [0.2, 0.25) is 0 Å². The van der Waals surface area contributed by atoms with E-state index < -0.39 is 35.9 Å². The van der Waals surface area contributed by atoms with Crippen molar-refractivity contribution in [2.75, 3.05) is 26.2 Å². The van der Waals surface area contributed by atoms with Gasteiger partial charge in [-0.1, -0.05) is 34.6 Å². The van der Waals surface area contributed by atoms with Crippen molar-refractivity contribution >= 4 is 11.9 Å². The first kappa shape index (κ1) is 37.0. The number of esters is 1. The number of aliphatic hydroxyl groups excluding tert-OH is 1. The molecule has 0 aromatic rings. The summed E-state index contributed by atoms with van der Waals surface area (Å²) in [5.74, 6) is 0.223. The number of carboxylic acids is 1. The summed E-state index contributed by atoms with van der Waals surface area (Å²) in [7, 11) is 0. The van der Waals surface area contributed by atoms with Crippen molar-refractivity contribution in [3.63, 3.8) is 0 Å². The molecule has 10 nitrogen and oxygen atoms in total. The van der Waals surface area contributed by atoms with Crippen LogP contribution < -0.4 is 0 Å². The van der Waals surface area contributed by atoms with Crippen molar-refractivity contribution in [1.29, 1.82) is 0 Å². The quantitative estimate of drug-likeness (QED) is 0.268. The summed E-state index contributed by atoms with van der Waals surface area (Å²) in [6.45, 7) is 19.5. The van der Waals surface area contributed by atoms with Crippen LogP contribution >= 0.6 is 0 Å². The summed E-state index contributed by atoms with van der Waals surface area (Å²) in [5.41, 5.74) is -1.18. The Morgan fingerprint density at radius 1 is 1.04 bits per heavy atom. The lowest BCUT2D eigenvalue weighted by Gasteiger charge is -2.64. The summed E-state index contributed by atoms with van der Waals surface area (Å²) < 4.78 is 25.5. The number of aliphatic hydroxyl groups is 2. The molecule has 0 aromatic heterocycles. The second-order valence-corrected chi connectivity index (χ2v) is 19.5. The second-order valence-electron chi connectivity index (χ2n) is 19.5. The van der Waals surface area contributed by atoms with Crippen molar-refractivity contribution in [2.24, 2.45) is 50.7 Å². The molecule has 3 N–H and O–H groups in total. The number of rotatable bonds is 9. The second kappa shape index (κ2) is 12.4. The van der Waals surface area contributed by atoms with E-state index in [1.165, 1.54) is 19.8 Å². The van der Waals surface area contributed by atoms with E-state index in [1.807, 2.05) is 0 Å². The lowest BCUT2D eigenvalue weighted by molar-refractivity contribution is -0.248. The van der Waals surface area contributed by atoms with E-state index in [9.17, 15) is 19.8 Å². The molecule has 2 saturated heterocycles. The Bertz CT molecular complexity index is 1330. The number of carbonyl (C=O) groups excluding carboxylic acids is 1. The minimum atomic E-state index is -1.27. The zero-order valence-corrected chi connectivity index (χ0v) is 31.9. The molecular weight excluding hydrogens is 638 g/mol. The normalized spacial score (nSPS) is 48.6. The molecule has 7 aliphatic rings. The van der Waals surface area contributed by atoms with E-state index in [0.29, 0.717) is 37.8 Å². The van der Waals surface area contributed by atoms with Gasteiger partial charge in [0.2, 0.25) is 0 Å². The first-order valence-corrected chi connectivity index (χ1v) is 19.8. The van der Waals surface area contributed by atoms with E-state index in [-0.39, 0.29) is 63.8 Å². The van der Waals surface area contributed by atoms with Crippen molar-refractivity contribution in [2.45, 2.75) is 162 Å². The Kier molecular flexibility index (Phi) is 9.16. The van der Waals surface area contributed by atoms with Crippen LogP contribution in [0.25, 0.3) is 0 Å². The highest BCUT2D eigenvalue weighted by molar-refractivity contribution is 5.66. The number of aliphatic carboxylic acids is 1. The molecule has 2 unspecified atom stereocenters. The van der Waals surface area contributed by atoms with Crippen LogP contribution in [-0.4, -0.2) is 101 Å². The van der Waals surface area contributed by atoms with Crippen LogP contribution in [0.5, 0.6) is 0 Å². The number of hydrogen-bond acceptors (Lipinski definition) is 9. The summed E-state index contributed by atoms with van der Waals surface area (Å²) in [6, 6.07) is 0. The Balaban J connectivity index is 1.09. The van der Waals surface area contributed by atoms with Crippen LogP contribution in [0.4, 0.5) is 0 Å². The van der Waals surface area contributed by atoms with Crippen LogP contribution in [0.1, 0.15) is 120 Å². The van der Waals surface area contributed by atoms with Crippen molar-refractivity contribution in [3.05, 3.63) is 0 Å². The molecule has 0 radical (unpaired) electrons. The van der Waals surface area contributed by atoms with Crippen LogP contribution in [0.15, 0.2) is 0 Å². The van der Waals surface area contributed by atoms with Gasteiger partial charge in [-0.2, -0.15) is 0 Å². The van der Waals surface area contributed by atoms with Gasteiger partial charge in [0.15, 0.2) is 12.4 Å². The van der Waals surface area contributed by atoms with E-state index in [2.05, 4.69) is 39.5 Å². The van der Waals surface area contributed by atoms with E-state index in [1.54, 1.807) is 13.8 Å². The number of hydrogen-bond donors (Lipinski definition) is 3. The molecule has 14 atom stereocenters. The average molecular weight is 704 g/mol. The molecule has 284 valence electrons. The summed E-state index contributed by atoms with van der Waals surface area (Å²) in [4.78, 5) is 25.4. The fourth-order valence-electron chi connectivity index (χ4n) is 14.2. The third-order valence-electron chi connectivity index (χ3n) is 16.4. The molecule has 2 spiro atoms. The van der Waals surface area contributed by atoms with Crippen LogP contribution in [-0.2, 0) is 28.5 Å². The molecule has 2 aliphatic heterocycles. The van der Waals surface area contributed by atoms with Crippen LogP contribution in [0, 0.1) is 50.7 Å².